The molecule has 30 heavy (non-hydrogen) atoms. The SMILES string of the molecule is O=[SH+]1CCCN1c1nc(-c2nnc(Cc3ccc(F)cc3)o2)c(O)c2ncccc12. The van der Waals surface area contributed by atoms with Crippen LogP contribution < -0.4 is 4.31 Å². The topological polar surface area (TPSA) is 105 Å². The van der Waals surface area contributed by atoms with Gasteiger partial charge in [0.05, 0.1) is 18.4 Å². The van der Waals surface area contributed by atoms with E-state index in [0.717, 1.165) is 12.0 Å². The van der Waals surface area contributed by atoms with E-state index in [1.165, 1.54) is 12.1 Å². The Kier molecular flexibility index (Phi) is 4.62. The molecule has 0 radical (unpaired) electrons. The third-order valence-electron chi connectivity index (χ3n) is 4.89. The summed E-state index contributed by atoms with van der Waals surface area (Å²) in [5.41, 5.74) is 1.22. The lowest BCUT2D eigenvalue weighted by atomic mass is 10.1. The van der Waals surface area contributed by atoms with Gasteiger partial charge in [-0.05, 0) is 29.8 Å². The lowest BCUT2D eigenvalue weighted by Crippen LogP contribution is -2.21. The fraction of sp³-hybridized carbons (Fsp3) is 0.200. The Morgan fingerprint density at radius 2 is 2.03 bits per heavy atom. The lowest BCUT2D eigenvalue weighted by Gasteiger charge is -2.14. The van der Waals surface area contributed by atoms with Gasteiger partial charge in [0, 0.05) is 12.6 Å². The summed E-state index contributed by atoms with van der Waals surface area (Å²) in [6, 6.07) is 9.51. The molecule has 0 bridgehead atoms. The van der Waals surface area contributed by atoms with Crippen LogP contribution in [0.15, 0.2) is 47.0 Å². The van der Waals surface area contributed by atoms with Gasteiger partial charge in [-0.3, -0.25) is 4.98 Å². The molecule has 3 aromatic heterocycles. The molecule has 1 saturated heterocycles. The predicted molar refractivity (Wildman–Crippen MR) is 110 cm³/mol. The van der Waals surface area contributed by atoms with Crippen LogP contribution in [0.1, 0.15) is 17.9 Å². The van der Waals surface area contributed by atoms with Crippen molar-refractivity contribution in [2.75, 3.05) is 16.6 Å². The highest BCUT2D eigenvalue weighted by Gasteiger charge is 2.31. The monoisotopic (exact) mass is 426 g/mol. The van der Waals surface area contributed by atoms with Gasteiger partial charge in [0.15, 0.2) is 28.2 Å². The first-order valence-corrected chi connectivity index (χ1v) is 10.8. The number of hydrogen-bond donors (Lipinski definition) is 1. The molecule has 8 nitrogen and oxygen atoms in total. The second-order valence-electron chi connectivity index (χ2n) is 6.89. The molecule has 1 aliphatic heterocycles. The van der Waals surface area contributed by atoms with E-state index in [1.807, 2.05) is 0 Å². The van der Waals surface area contributed by atoms with Crippen LogP contribution in [0.2, 0.25) is 0 Å². The third kappa shape index (κ3) is 3.28. The van der Waals surface area contributed by atoms with E-state index >= 15 is 0 Å². The van der Waals surface area contributed by atoms with Gasteiger partial charge >= 0.3 is 0 Å². The number of nitrogens with zero attached hydrogens (tertiary/aromatic N) is 5. The second-order valence-corrected chi connectivity index (χ2v) is 8.52. The molecular formula is C20H17FN5O3S+. The molecule has 4 heterocycles. The van der Waals surface area contributed by atoms with Crippen molar-refractivity contribution in [1.29, 1.82) is 0 Å². The van der Waals surface area contributed by atoms with Gasteiger partial charge in [0.1, 0.15) is 17.1 Å². The van der Waals surface area contributed by atoms with Crippen LogP contribution in [0.4, 0.5) is 10.2 Å². The highest BCUT2D eigenvalue weighted by Crippen LogP contribution is 2.38. The van der Waals surface area contributed by atoms with E-state index < -0.39 is 11.0 Å². The highest BCUT2D eigenvalue weighted by molar-refractivity contribution is 7.86. The van der Waals surface area contributed by atoms with Gasteiger partial charge in [-0.1, -0.05) is 16.3 Å². The van der Waals surface area contributed by atoms with Crippen molar-refractivity contribution in [2.24, 2.45) is 0 Å². The molecule has 1 atom stereocenters. The number of aromatic nitrogens is 4. The molecule has 10 heteroatoms. The second kappa shape index (κ2) is 7.45. The molecule has 1 unspecified atom stereocenters. The molecule has 0 spiro atoms. The molecule has 1 aliphatic rings. The zero-order valence-electron chi connectivity index (χ0n) is 15.7. The number of thiol groups is 1. The van der Waals surface area contributed by atoms with Crippen LogP contribution in [0.3, 0.4) is 0 Å². The Morgan fingerprint density at radius 1 is 1.20 bits per heavy atom. The molecule has 5 rings (SSSR count). The summed E-state index contributed by atoms with van der Waals surface area (Å²) in [7, 11) is -1.59. The number of pyridine rings is 2. The first-order valence-electron chi connectivity index (χ1n) is 9.37. The molecule has 0 amide bonds. The fourth-order valence-electron chi connectivity index (χ4n) is 3.45. The van der Waals surface area contributed by atoms with E-state index in [0.29, 0.717) is 41.3 Å². The molecule has 1 aromatic carbocycles. The number of anilines is 1. The van der Waals surface area contributed by atoms with Crippen LogP contribution in [-0.2, 0) is 21.6 Å². The minimum Gasteiger partial charge on any atom is -0.504 e. The fourth-order valence-corrected chi connectivity index (χ4v) is 4.83. The average molecular weight is 426 g/mol. The molecule has 1 N–H and O–H groups in total. The summed E-state index contributed by atoms with van der Waals surface area (Å²) in [5.74, 6) is 0.900. The Morgan fingerprint density at radius 3 is 2.80 bits per heavy atom. The van der Waals surface area contributed by atoms with Crippen LogP contribution >= 0.6 is 0 Å². The number of hydrogen-bond acceptors (Lipinski definition) is 7. The number of benzene rings is 1. The predicted octanol–water partition coefficient (Wildman–Crippen LogP) is 2.94. The summed E-state index contributed by atoms with van der Waals surface area (Å²) in [4.78, 5) is 8.81. The summed E-state index contributed by atoms with van der Waals surface area (Å²) in [6.07, 6.45) is 2.68. The Bertz CT molecular complexity index is 1260. The van der Waals surface area contributed by atoms with Gasteiger partial charge in [0.2, 0.25) is 5.89 Å². The first-order chi connectivity index (χ1) is 14.6. The highest BCUT2D eigenvalue weighted by atomic mass is 32.2. The summed E-state index contributed by atoms with van der Waals surface area (Å²) in [5, 5.41) is 19.4. The van der Waals surface area contributed by atoms with Gasteiger partial charge < -0.3 is 9.52 Å². The number of rotatable bonds is 4. The summed E-state index contributed by atoms with van der Waals surface area (Å²) in [6.45, 7) is 0.607. The van der Waals surface area contributed by atoms with Crippen molar-refractivity contribution in [3.05, 3.63) is 59.9 Å². The number of aromatic hydroxyl groups is 1. The summed E-state index contributed by atoms with van der Waals surface area (Å²) >= 11 is 0. The quantitative estimate of drug-likeness (QED) is 0.395. The minimum atomic E-state index is -1.59. The molecule has 0 aliphatic carbocycles. The third-order valence-corrected chi connectivity index (χ3v) is 6.51. The smallest absolute Gasteiger partial charge is 0.270 e. The van der Waals surface area contributed by atoms with Crippen LogP contribution in [0.5, 0.6) is 5.75 Å². The standard InChI is InChI=1S/C20H16FN5O3S/c21-13-6-4-12(5-7-13)11-15-24-25-20(29-15)17-18(27)16-14(3-1-8-22-16)19(23-17)26-9-2-10-30(26)28/h1,3-8,27H,2,9-11H2/p+1. The minimum absolute atomic E-state index is 0.0350. The maximum atomic E-state index is 13.1. The number of halogens is 1. The van der Waals surface area contributed by atoms with Gasteiger partial charge in [-0.25, -0.2) is 9.37 Å². The van der Waals surface area contributed by atoms with Crippen LogP contribution in [-0.4, -0.2) is 37.6 Å². The molecular weight excluding hydrogens is 409 g/mol. The van der Waals surface area contributed by atoms with E-state index in [4.69, 9.17) is 4.42 Å². The maximum absolute atomic E-state index is 13.1. The van der Waals surface area contributed by atoms with E-state index in [-0.39, 0.29) is 23.2 Å². The zero-order valence-corrected chi connectivity index (χ0v) is 16.6. The molecule has 0 saturated carbocycles. The van der Waals surface area contributed by atoms with Gasteiger partial charge in [-0.2, -0.15) is 4.31 Å². The van der Waals surface area contributed by atoms with Crippen LogP contribution in [0.25, 0.3) is 22.5 Å². The van der Waals surface area contributed by atoms with E-state index in [9.17, 15) is 13.7 Å². The van der Waals surface area contributed by atoms with Crippen molar-refractivity contribution in [2.45, 2.75) is 12.8 Å². The van der Waals surface area contributed by atoms with Crippen molar-refractivity contribution in [1.82, 2.24) is 20.2 Å². The Labute approximate surface area is 173 Å². The molecule has 152 valence electrons. The van der Waals surface area contributed by atoms with E-state index in [2.05, 4.69) is 20.2 Å². The zero-order chi connectivity index (χ0) is 20.7. The van der Waals surface area contributed by atoms with Crippen molar-refractivity contribution >= 4 is 27.7 Å². The molecule has 1 fully saturated rings. The molecule has 4 aromatic rings. The van der Waals surface area contributed by atoms with Crippen LogP contribution in [0, 0.1) is 5.82 Å². The van der Waals surface area contributed by atoms with Crippen molar-refractivity contribution in [3.8, 4) is 17.3 Å². The number of fused-ring (bicyclic) bond motifs is 1. The van der Waals surface area contributed by atoms with E-state index in [1.54, 1.807) is 34.8 Å². The Balaban J connectivity index is 1.57. The normalized spacial score (nSPS) is 16.4. The summed E-state index contributed by atoms with van der Waals surface area (Å²) < 4.78 is 33.0. The largest absolute Gasteiger partial charge is 0.504 e. The Hall–Kier alpha value is -3.40. The van der Waals surface area contributed by atoms with Gasteiger partial charge in [0.25, 0.3) is 5.89 Å². The van der Waals surface area contributed by atoms with Crippen molar-refractivity contribution in [3.63, 3.8) is 0 Å². The first kappa shape index (κ1) is 18.6. The van der Waals surface area contributed by atoms with Crippen molar-refractivity contribution < 1.29 is 18.1 Å². The average Bonchev–Trinajstić information content (AvgIpc) is 3.39. The lowest BCUT2D eigenvalue weighted by molar-refractivity contribution is 0.471. The van der Waals surface area contributed by atoms with Gasteiger partial charge in [-0.15, -0.1) is 10.2 Å². The maximum Gasteiger partial charge on any atom is 0.270 e.